The molecule has 0 unspecified atom stereocenters. The highest BCUT2D eigenvalue weighted by Gasteiger charge is 2.00. The first-order chi connectivity index (χ1) is 9.17. The van der Waals surface area contributed by atoms with Gasteiger partial charge in [0.15, 0.2) is 0 Å². The second-order valence-corrected chi connectivity index (χ2v) is 5.03. The molecule has 0 saturated carbocycles. The summed E-state index contributed by atoms with van der Waals surface area (Å²) in [7, 11) is 0. The van der Waals surface area contributed by atoms with Gasteiger partial charge in [-0.1, -0.05) is 48.0 Å². The van der Waals surface area contributed by atoms with E-state index in [0.29, 0.717) is 6.54 Å². The summed E-state index contributed by atoms with van der Waals surface area (Å²) >= 11 is 3.45. The Balaban J connectivity index is 2.37. The van der Waals surface area contributed by atoms with Gasteiger partial charge in [-0.15, -0.1) is 0 Å². The average Bonchev–Trinajstić information content (AvgIpc) is 2.43. The first-order valence-corrected chi connectivity index (χ1v) is 7.39. The van der Waals surface area contributed by atoms with Gasteiger partial charge in [-0.3, -0.25) is 4.79 Å². The van der Waals surface area contributed by atoms with Gasteiger partial charge in [-0.05, 0) is 30.8 Å². The van der Waals surface area contributed by atoms with Crippen LogP contribution in [0.5, 0.6) is 0 Å². The molecule has 0 saturated heterocycles. The average molecular weight is 325 g/mol. The number of carbonyl (C=O) groups excluding carboxylic acids is 1. The Hall–Kier alpha value is -1.13. The molecule has 0 heterocycles. The van der Waals surface area contributed by atoms with Crippen LogP contribution in [0, 0.1) is 0 Å². The van der Waals surface area contributed by atoms with Gasteiger partial charge in [0.25, 0.3) is 0 Å². The number of nitrogens with one attached hydrogen (secondary N) is 1. The second kappa shape index (κ2) is 8.88. The van der Waals surface area contributed by atoms with Crippen LogP contribution in [0.2, 0.25) is 0 Å². The Labute approximate surface area is 123 Å². The minimum Gasteiger partial charge on any atom is -0.351 e. The molecule has 0 bridgehead atoms. The second-order valence-electron chi connectivity index (χ2n) is 4.17. The van der Waals surface area contributed by atoms with Crippen molar-refractivity contribution in [2.75, 3.05) is 26.2 Å². The smallest absolute Gasteiger partial charge is 0.244 e. The number of halogens is 1. The van der Waals surface area contributed by atoms with Crippen molar-refractivity contribution in [3.05, 3.63) is 40.4 Å². The topological polar surface area (TPSA) is 32.3 Å². The molecule has 1 amide bonds. The summed E-state index contributed by atoms with van der Waals surface area (Å²) in [5.41, 5.74) is 1.00. The Morgan fingerprint density at radius 1 is 1.32 bits per heavy atom. The fourth-order valence-corrected chi connectivity index (χ4v) is 2.13. The molecular weight excluding hydrogens is 304 g/mol. The Kier molecular flexibility index (Phi) is 7.45. The normalized spacial score (nSPS) is 11.2. The summed E-state index contributed by atoms with van der Waals surface area (Å²) in [6.07, 6.45) is 3.39. The maximum atomic E-state index is 11.7. The lowest BCUT2D eigenvalue weighted by Gasteiger charge is -2.17. The Morgan fingerprint density at radius 2 is 2.00 bits per heavy atom. The molecule has 3 nitrogen and oxygen atoms in total. The number of likely N-dealkylation sites (N-methyl/N-ethyl adjacent to an activating group) is 1. The van der Waals surface area contributed by atoms with Crippen LogP contribution in [-0.2, 0) is 4.79 Å². The van der Waals surface area contributed by atoms with E-state index in [1.807, 2.05) is 30.3 Å². The van der Waals surface area contributed by atoms with E-state index in [2.05, 4.69) is 40.0 Å². The lowest BCUT2D eigenvalue weighted by atomic mass is 10.2. The maximum absolute atomic E-state index is 11.7. The number of amides is 1. The number of hydrogen-bond acceptors (Lipinski definition) is 2. The van der Waals surface area contributed by atoms with Gasteiger partial charge in [0.2, 0.25) is 5.91 Å². The van der Waals surface area contributed by atoms with E-state index in [-0.39, 0.29) is 5.91 Å². The fraction of sp³-hybridized carbons (Fsp3) is 0.400. The van der Waals surface area contributed by atoms with Crippen LogP contribution in [0.3, 0.4) is 0 Å². The third-order valence-electron chi connectivity index (χ3n) is 2.94. The molecule has 4 heteroatoms. The lowest BCUT2D eigenvalue weighted by molar-refractivity contribution is -0.116. The molecule has 0 aliphatic rings. The van der Waals surface area contributed by atoms with E-state index in [9.17, 15) is 4.79 Å². The molecular formula is C15H21BrN2O. The van der Waals surface area contributed by atoms with Gasteiger partial charge in [-0.25, -0.2) is 0 Å². The summed E-state index contributed by atoms with van der Waals surface area (Å²) in [6, 6.07) is 7.82. The lowest BCUT2D eigenvalue weighted by Crippen LogP contribution is -2.34. The Bertz CT molecular complexity index is 428. The maximum Gasteiger partial charge on any atom is 0.244 e. The van der Waals surface area contributed by atoms with Gasteiger partial charge in [0, 0.05) is 23.6 Å². The number of carbonyl (C=O) groups is 1. The van der Waals surface area contributed by atoms with E-state index in [1.54, 1.807) is 6.08 Å². The zero-order valence-corrected chi connectivity index (χ0v) is 13.1. The van der Waals surface area contributed by atoms with E-state index < -0.39 is 0 Å². The number of rotatable bonds is 7. The van der Waals surface area contributed by atoms with Crippen LogP contribution in [-0.4, -0.2) is 37.0 Å². The highest BCUT2D eigenvalue weighted by molar-refractivity contribution is 9.10. The van der Waals surface area contributed by atoms with Crippen LogP contribution < -0.4 is 5.32 Å². The third-order valence-corrected chi connectivity index (χ3v) is 3.66. The van der Waals surface area contributed by atoms with Crippen LogP contribution in [0.4, 0.5) is 0 Å². The number of benzene rings is 1. The van der Waals surface area contributed by atoms with Gasteiger partial charge in [0.1, 0.15) is 0 Å². The Morgan fingerprint density at radius 3 is 2.63 bits per heavy atom. The molecule has 19 heavy (non-hydrogen) atoms. The van der Waals surface area contributed by atoms with Gasteiger partial charge < -0.3 is 10.2 Å². The molecule has 1 aromatic rings. The summed E-state index contributed by atoms with van der Waals surface area (Å²) in [5.74, 6) is -0.0529. The highest BCUT2D eigenvalue weighted by atomic mass is 79.9. The molecule has 1 N–H and O–H groups in total. The zero-order chi connectivity index (χ0) is 14.1. The summed E-state index contributed by atoms with van der Waals surface area (Å²) in [4.78, 5) is 13.9. The fourth-order valence-electron chi connectivity index (χ4n) is 1.71. The third kappa shape index (κ3) is 6.03. The number of nitrogens with zero attached hydrogens (tertiary/aromatic N) is 1. The molecule has 0 aliphatic carbocycles. The van der Waals surface area contributed by atoms with Crippen LogP contribution >= 0.6 is 15.9 Å². The van der Waals surface area contributed by atoms with Crippen LogP contribution in [0.25, 0.3) is 6.08 Å². The van der Waals surface area contributed by atoms with Gasteiger partial charge >= 0.3 is 0 Å². The van der Waals surface area contributed by atoms with Crippen molar-refractivity contribution >= 4 is 27.9 Å². The molecule has 1 rings (SSSR count). The molecule has 0 fully saturated rings. The largest absolute Gasteiger partial charge is 0.351 e. The zero-order valence-electron chi connectivity index (χ0n) is 11.5. The molecule has 104 valence electrons. The summed E-state index contributed by atoms with van der Waals surface area (Å²) < 4.78 is 0.988. The summed E-state index contributed by atoms with van der Waals surface area (Å²) in [6.45, 7) is 7.84. The molecule has 0 spiro atoms. The van der Waals surface area contributed by atoms with Crippen LogP contribution in [0.1, 0.15) is 19.4 Å². The quantitative estimate of drug-likeness (QED) is 0.782. The van der Waals surface area contributed by atoms with Crippen LogP contribution in [0.15, 0.2) is 34.8 Å². The predicted octanol–water partition coefficient (Wildman–Crippen LogP) is 2.92. The van der Waals surface area contributed by atoms with Crippen molar-refractivity contribution < 1.29 is 4.79 Å². The van der Waals surface area contributed by atoms with E-state index in [0.717, 1.165) is 29.7 Å². The predicted molar refractivity (Wildman–Crippen MR) is 84.0 cm³/mol. The van der Waals surface area contributed by atoms with E-state index >= 15 is 0 Å². The van der Waals surface area contributed by atoms with Crippen molar-refractivity contribution in [1.82, 2.24) is 10.2 Å². The monoisotopic (exact) mass is 324 g/mol. The first-order valence-electron chi connectivity index (χ1n) is 6.60. The molecule has 0 radical (unpaired) electrons. The number of hydrogen-bond donors (Lipinski definition) is 1. The van der Waals surface area contributed by atoms with E-state index in [1.165, 1.54) is 0 Å². The minimum atomic E-state index is -0.0529. The van der Waals surface area contributed by atoms with Crippen molar-refractivity contribution in [3.63, 3.8) is 0 Å². The standard InChI is InChI=1S/C15H21BrN2O/c1-3-18(4-2)12-11-17-15(19)10-9-13-7-5-6-8-14(13)16/h5-10H,3-4,11-12H2,1-2H3,(H,17,19)/b10-9+. The van der Waals surface area contributed by atoms with Crippen molar-refractivity contribution in [2.45, 2.75) is 13.8 Å². The SMILES string of the molecule is CCN(CC)CCNC(=O)/C=C/c1ccccc1Br. The van der Waals surface area contributed by atoms with Gasteiger partial charge in [0.05, 0.1) is 0 Å². The molecule has 1 aromatic carbocycles. The highest BCUT2D eigenvalue weighted by Crippen LogP contribution is 2.16. The molecule has 0 aromatic heterocycles. The molecule has 0 atom stereocenters. The van der Waals surface area contributed by atoms with Crippen molar-refractivity contribution in [1.29, 1.82) is 0 Å². The first kappa shape index (κ1) is 15.9. The van der Waals surface area contributed by atoms with E-state index in [4.69, 9.17) is 0 Å². The minimum absolute atomic E-state index is 0.0529. The van der Waals surface area contributed by atoms with Crippen molar-refractivity contribution in [2.24, 2.45) is 0 Å². The summed E-state index contributed by atoms with van der Waals surface area (Å²) in [5, 5.41) is 2.89. The molecule has 0 aliphatic heterocycles. The van der Waals surface area contributed by atoms with Crippen molar-refractivity contribution in [3.8, 4) is 0 Å². The van der Waals surface area contributed by atoms with Gasteiger partial charge in [-0.2, -0.15) is 0 Å².